The molecule has 0 atom stereocenters. The Bertz CT molecular complexity index is 937. The predicted molar refractivity (Wildman–Crippen MR) is 103 cm³/mol. The van der Waals surface area contributed by atoms with Gasteiger partial charge in [0.25, 0.3) is 5.91 Å². The molecule has 0 spiro atoms. The van der Waals surface area contributed by atoms with E-state index >= 15 is 0 Å². The van der Waals surface area contributed by atoms with Crippen molar-refractivity contribution in [2.24, 2.45) is 0 Å². The second kappa shape index (κ2) is 8.45. The number of hydrogen-bond acceptors (Lipinski definition) is 4. The van der Waals surface area contributed by atoms with Crippen LogP contribution < -0.4 is 4.74 Å². The molecule has 0 N–H and O–H groups in total. The summed E-state index contributed by atoms with van der Waals surface area (Å²) < 4.78 is 9.00. The molecule has 0 bridgehead atoms. The van der Waals surface area contributed by atoms with E-state index in [0.717, 1.165) is 12.2 Å². The number of carbonyl (C=O) groups is 1. The van der Waals surface area contributed by atoms with E-state index in [0.29, 0.717) is 28.0 Å². The average Bonchev–Trinajstić information content (AvgIpc) is 3.29. The van der Waals surface area contributed by atoms with Crippen molar-refractivity contribution in [1.29, 1.82) is 0 Å². The fraction of sp³-hybridized carbons (Fsp3) is 0.278. The highest BCUT2D eigenvalue weighted by Crippen LogP contribution is 2.27. The molecule has 1 amide bonds. The number of aryl methyl sites for hydroxylation is 1. The van der Waals surface area contributed by atoms with Crippen molar-refractivity contribution in [1.82, 2.24) is 24.5 Å². The summed E-state index contributed by atoms with van der Waals surface area (Å²) in [6.07, 6.45) is 3.41. The van der Waals surface area contributed by atoms with Crippen LogP contribution in [0, 0.1) is 0 Å². The molecule has 1 aromatic carbocycles. The molecule has 2 heterocycles. The minimum atomic E-state index is -0.179. The number of aromatic nitrogens is 4. The largest absolute Gasteiger partial charge is 0.470 e. The Labute approximate surface area is 167 Å². The third kappa shape index (κ3) is 4.61. The molecule has 3 rings (SSSR count). The van der Waals surface area contributed by atoms with Gasteiger partial charge in [-0.2, -0.15) is 10.2 Å². The lowest BCUT2D eigenvalue weighted by Gasteiger charge is -2.16. The summed E-state index contributed by atoms with van der Waals surface area (Å²) in [6.45, 7) is 3.34. The number of nitrogens with zero attached hydrogens (tertiary/aromatic N) is 5. The molecule has 0 saturated carbocycles. The number of rotatable bonds is 7. The minimum Gasteiger partial charge on any atom is -0.470 e. The fourth-order valence-corrected chi connectivity index (χ4v) is 3.03. The van der Waals surface area contributed by atoms with Gasteiger partial charge in [-0.05, 0) is 37.3 Å². The SMILES string of the molecule is CCn1nccc1CN(C)C(=O)c1ccn(COc2ccc(Cl)cc2Cl)n1. The normalized spacial score (nSPS) is 10.8. The zero-order valence-electron chi connectivity index (χ0n) is 15.0. The Morgan fingerprint density at radius 3 is 2.81 bits per heavy atom. The number of ether oxygens (including phenoxy) is 1. The van der Waals surface area contributed by atoms with Gasteiger partial charge in [0, 0.05) is 31.0 Å². The molecule has 3 aromatic rings. The third-order valence-corrected chi connectivity index (χ3v) is 4.49. The number of halogens is 2. The van der Waals surface area contributed by atoms with E-state index in [2.05, 4.69) is 10.2 Å². The van der Waals surface area contributed by atoms with Crippen molar-refractivity contribution in [3.8, 4) is 5.75 Å². The van der Waals surface area contributed by atoms with Crippen molar-refractivity contribution < 1.29 is 9.53 Å². The first-order valence-corrected chi connectivity index (χ1v) is 9.11. The molecule has 0 aliphatic heterocycles. The standard InChI is InChI=1S/C18H19Cl2N5O2/c1-3-25-14(6-8-21-25)11-23(2)18(26)16-7-9-24(22-16)12-27-17-5-4-13(19)10-15(17)20/h4-10H,3,11-12H2,1-2H3. The van der Waals surface area contributed by atoms with E-state index in [1.807, 2.05) is 17.7 Å². The van der Waals surface area contributed by atoms with Crippen LogP contribution in [-0.2, 0) is 19.8 Å². The number of hydrogen-bond donors (Lipinski definition) is 0. The van der Waals surface area contributed by atoms with E-state index in [-0.39, 0.29) is 12.6 Å². The van der Waals surface area contributed by atoms with Crippen LogP contribution in [0.1, 0.15) is 23.1 Å². The second-order valence-electron chi connectivity index (χ2n) is 5.89. The minimum absolute atomic E-state index is 0.126. The Morgan fingerprint density at radius 1 is 1.26 bits per heavy atom. The molecular formula is C18H19Cl2N5O2. The molecule has 27 heavy (non-hydrogen) atoms. The van der Waals surface area contributed by atoms with Gasteiger partial charge in [0.05, 0.1) is 17.3 Å². The van der Waals surface area contributed by atoms with Crippen LogP contribution in [0.25, 0.3) is 0 Å². The van der Waals surface area contributed by atoms with Gasteiger partial charge in [-0.3, -0.25) is 9.48 Å². The molecule has 0 aliphatic rings. The van der Waals surface area contributed by atoms with Crippen molar-refractivity contribution in [2.45, 2.75) is 26.7 Å². The van der Waals surface area contributed by atoms with Gasteiger partial charge < -0.3 is 9.64 Å². The highest BCUT2D eigenvalue weighted by atomic mass is 35.5. The number of carbonyl (C=O) groups excluding carboxylic acids is 1. The van der Waals surface area contributed by atoms with Crippen LogP contribution in [0.15, 0.2) is 42.7 Å². The average molecular weight is 408 g/mol. The van der Waals surface area contributed by atoms with Crippen molar-refractivity contribution in [3.63, 3.8) is 0 Å². The molecule has 142 valence electrons. The molecule has 0 saturated heterocycles. The third-order valence-electron chi connectivity index (χ3n) is 3.96. The topological polar surface area (TPSA) is 65.2 Å². The first-order valence-electron chi connectivity index (χ1n) is 8.35. The van der Waals surface area contributed by atoms with Gasteiger partial charge in [-0.1, -0.05) is 23.2 Å². The highest BCUT2D eigenvalue weighted by molar-refractivity contribution is 6.35. The Hall–Kier alpha value is -2.51. The molecule has 9 heteroatoms. The Kier molecular flexibility index (Phi) is 6.03. The van der Waals surface area contributed by atoms with Gasteiger partial charge >= 0.3 is 0 Å². The van der Waals surface area contributed by atoms with Crippen LogP contribution in [0.3, 0.4) is 0 Å². The zero-order chi connectivity index (χ0) is 19.4. The zero-order valence-corrected chi connectivity index (χ0v) is 16.5. The summed E-state index contributed by atoms with van der Waals surface area (Å²) in [5.74, 6) is 0.316. The van der Waals surface area contributed by atoms with Crippen LogP contribution in [0.2, 0.25) is 10.0 Å². The molecule has 0 fully saturated rings. The maximum atomic E-state index is 12.6. The Balaban J connectivity index is 1.61. The van der Waals surface area contributed by atoms with Crippen LogP contribution in [0.4, 0.5) is 0 Å². The second-order valence-corrected chi connectivity index (χ2v) is 6.73. The quantitative estimate of drug-likeness (QED) is 0.598. The van der Waals surface area contributed by atoms with Crippen LogP contribution in [0.5, 0.6) is 5.75 Å². The van der Waals surface area contributed by atoms with Crippen molar-refractivity contribution in [2.75, 3.05) is 7.05 Å². The summed E-state index contributed by atoms with van der Waals surface area (Å²) in [4.78, 5) is 14.2. The van der Waals surface area contributed by atoms with Crippen molar-refractivity contribution >= 4 is 29.1 Å². The van der Waals surface area contributed by atoms with Gasteiger partial charge in [0.1, 0.15) is 5.75 Å². The summed E-state index contributed by atoms with van der Waals surface area (Å²) in [5, 5.41) is 9.44. The summed E-state index contributed by atoms with van der Waals surface area (Å²) >= 11 is 11.9. The highest BCUT2D eigenvalue weighted by Gasteiger charge is 2.16. The Morgan fingerprint density at radius 2 is 2.07 bits per heavy atom. The van der Waals surface area contributed by atoms with Crippen LogP contribution >= 0.6 is 23.2 Å². The van der Waals surface area contributed by atoms with E-state index in [1.165, 1.54) is 4.68 Å². The smallest absolute Gasteiger partial charge is 0.274 e. The molecule has 7 nitrogen and oxygen atoms in total. The molecule has 0 aliphatic carbocycles. The molecule has 2 aromatic heterocycles. The predicted octanol–water partition coefficient (Wildman–Crippen LogP) is 3.72. The fourth-order valence-electron chi connectivity index (χ4n) is 2.57. The van der Waals surface area contributed by atoms with Crippen LogP contribution in [-0.4, -0.2) is 37.4 Å². The van der Waals surface area contributed by atoms with Gasteiger partial charge in [-0.25, -0.2) is 4.68 Å². The maximum absolute atomic E-state index is 12.6. The van der Waals surface area contributed by atoms with E-state index < -0.39 is 0 Å². The summed E-state index contributed by atoms with van der Waals surface area (Å²) in [6, 6.07) is 8.53. The van der Waals surface area contributed by atoms with E-state index in [9.17, 15) is 4.79 Å². The van der Waals surface area contributed by atoms with Crippen molar-refractivity contribution in [3.05, 3.63) is 64.2 Å². The molecule has 0 radical (unpaired) electrons. The lowest BCUT2D eigenvalue weighted by molar-refractivity contribution is 0.0773. The monoisotopic (exact) mass is 407 g/mol. The lowest BCUT2D eigenvalue weighted by Crippen LogP contribution is -2.28. The van der Waals surface area contributed by atoms with E-state index in [1.54, 1.807) is 48.6 Å². The molecule has 0 unspecified atom stereocenters. The first-order chi connectivity index (χ1) is 13.0. The van der Waals surface area contributed by atoms with Gasteiger partial charge in [-0.15, -0.1) is 0 Å². The van der Waals surface area contributed by atoms with E-state index in [4.69, 9.17) is 27.9 Å². The lowest BCUT2D eigenvalue weighted by atomic mass is 10.3. The summed E-state index contributed by atoms with van der Waals surface area (Å²) in [5.41, 5.74) is 1.30. The summed E-state index contributed by atoms with van der Waals surface area (Å²) in [7, 11) is 1.73. The first kappa shape index (κ1) is 19.3. The van der Waals surface area contributed by atoms with Gasteiger partial charge in [0.2, 0.25) is 0 Å². The number of amides is 1. The number of benzene rings is 1. The van der Waals surface area contributed by atoms with Gasteiger partial charge in [0.15, 0.2) is 12.4 Å². The maximum Gasteiger partial charge on any atom is 0.274 e. The molecular weight excluding hydrogens is 389 g/mol.